The molecule has 0 amide bonds. The van der Waals surface area contributed by atoms with Crippen LogP contribution in [0.1, 0.15) is 6.92 Å². The Kier molecular flexibility index (Phi) is 4.02. The van der Waals surface area contributed by atoms with Crippen molar-refractivity contribution in [3.8, 4) is 22.6 Å². The van der Waals surface area contributed by atoms with Crippen molar-refractivity contribution in [2.24, 2.45) is 0 Å². The highest BCUT2D eigenvalue weighted by atomic mass is 16.5. The Morgan fingerprint density at radius 1 is 0.760 bits per heavy atom. The summed E-state index contributed by atoms with van der Waals surface area (Å²) in [4.78, 5) is 0. The number of fused-ring (bicyclic) bond motifs is 2. The van der Waals surface area contributed by atoms with Crippen molar-refractivity contribution in [2.75, 3.05) is 13.7 Å². The van der Waals surface area contributed by atoms with Gasteiger partial charge in [-0.1, -0.05) is 48.5 Å². The predicted molar refractivity (Wildman–Crippen MR) is 105 cm³/mol. The van der Waals surface area contributed by atoms with Gasteiger partial charge in [0.1, 0.15) is 11.5 Å². The van der Waals surface area contributed by atoms with Crippen LogP contribution in [0.15, 0.2) is 72.8 Å². The van der Waals surface area contributed by atoms with E-state index >= 15 is 0 Å². The van der Waals surface area contributed by atoms with E-state index in [1.165, 1.54) is 27.3 Å². The average molecular weight is 328 g/mol. The molecule has 0 saturated carbocycles. The van der Waals surface area contributed by atoms with Crippen molar-refractivity contribution in [2.45, 2.75) is 6.92 Å². The summed E-state index contributed by atoms with van der Waals surface area (Å²) in [6, 6.07) is 25.4. The second-order valence-electron chi connectivity index (χ2n) is 6.02. The second kappa shape index (κ2) is 6.48. The molecule has 0 aromatic heterocycles. The molecule has 0 unspecified atom stereocenters. The van der Waals surface area contributed by atoms with E-state index in [0.717, 1.165) is 16.9 Å². The van der Waals surface area contributed by atoms with E-state index in [0.29, 0.717) is 6.61 Å². The first-order valence-electron chi connectivity index (χ1n) is 8.53. The zero-order valence-corrected chi connectivity index (χ0v) is 14.5. The fourth-order valence-corrected chi connectivity index (χ4v) is 3.32. The molecular formula is C23H20O2. The van der Waals surface area contributed by atoms with Crippen LogP contribution in [0, 0.1) is 0 Å². The molecule has 2 nitrogen and oxygen atoms in total. The summed E-state index contributed by atoms with van der Waals surface area (Å²) in [5.74, 6) is 1.82. The van der Waals surface area contributed by atoms with Gasteiger partial charge in [-0.25, -0.2) is 0 Å². The lowest BCUT2D eigenvalue weighted by Crippen LogP contribution is -1.93. The molecule has 0 fully saturated rings. The SMILES string of the molecule is CCOc1ccc(-c2ccc3cc(OC)ccc3c2)c2ccccc12. The Labute approximate surface area is 147 Å². The van der Waals surface area contributed by atoms with E-state index in [9.17, 15) is 0 Å². The van der Waals surface area contributed by atoms with Gasteiger partial charge in [0.2, 0.25) is 0 Å². The molecule has 0 N–H and O–H groups in total. The van der Waals surface area contributed by atoms with Crippen molar-refractivity contribution in [1.82, 2.24) is 0 Å². The summed E-state index contributed by atoms with van der Waals surface area (Å²) in [5, 5.41) is 4.74. The van der Waals surface area contributed by atoms with Crippen molar-refractivity contribution < 1.29 is 9.47 Å². The van der Waals surface area contributed by atoms with Crippen LogP contribution in [0.5, 0.6) is 11.5 Å². The fraction of sp³-hybridized carbons (Fsp3) is 0.130. The lowest BCUT2D eigenvalue weighted by molar-refractivity contribution is 0.344. The van der Waals surface area contributed by atoms with Crippen molar-refractivity contribution >= 4 is 21.5 Å². The van der Waals surface area contributed by atoms with Crippen LogP contribution in [-0.4, -0.2) is 13.7 Å². The maximum Gasteiger partial charge on any atom is 0.127 e. The van der Waals surface area contributed by atoms with Gasteiger partial charge in [-0.2, -0.15) is 0 Å². The summed E-state index contributed by atoms with van der Waals surface area (Å²) in [6.45, 7) is 2.68. The van der Waals surface area contributed by atoms with Crippen LogP contribution in [0.25, 0.3) is 32.7 Å². The minimum atomic E-state index is 0.668. The highest BCUT2D eigenvalue weighted by Crippen LogP contribution is 2.36. The van der Waals surface area contributed by atoms with Crippen LogP contribution in [0.3, 0.4) is 0 Å². The highest BCUT2D eigenvalue weighted by Gasteiger charge is 2.09. The molecule has 0 aliphatic rings. The summed E-state index contributed by atoms with van der Waals surface area (Å²) in [6.07, 6.45) is 0. The zero-order valence-electron chi connectivity index (χ0n) is 14.5. The largest absolute Gasteiger partial charge is 0.497 e. The van der Waals surface area contributed by atoms with Crippen molar-refractivity contribution in [3.05, 3.63) is 72.8 Å². The van der Waals surface area contributed by atoms with Crippen LogP contribution in [0.4, 0.5) is 0 Å². The first-order chi connectivity index (χ1) is 12.3. The number of methoxy groups -OCH3 is 1. The third kappa shape index (κ3) is 2.80. The quantitative estimate of drug-likeness (QED) is 0.453. The average Bonchev–Trinajstić information content (AvgIpc) is 2.67. The Morgan fingerprint density at radius 3 is 2.32 bits per heavy atom. The van der Waals surface area contributed by atoms with Gasteiger partial charge >= 0.3 is 0 Å². The molecule has 4 rings (SSSR count). The Bertz CT molecular complexity index is 1050. The van der Waals surface area contributed by atoms with Gasteiger partial charge in [0.05, 0.1) is 13.7 Å². The van der Waals surface area contributed by atoms with Gasteiger partial charge in [0.15, 0.2) is 0 Å². The van der Waals surface area contributed by atoms with E-state index in [2.05, 4.69) is 66.7 Å². The molecule has 0 saturated heterocycles. The van der Waals surface area contributed by atoms with Gasteiger partial charge in [-0.3, -0.25) is 0 Å². The van der Waals surface area contributed by atoms with Crippen molar-refractivity contribution in [1.29, 1.82) is 0 Å². The summed E-state index contributed by atoms with van der Waals surface area (Å²) >= 11 is 0. The van der Waals surface area contributed by atoms with E-state index < -0.39 is 0 Å². The van der Waals surface area contributed by atoms with Gasteiger partial charge in [0, 0.05) is 5.39 Å². The molecule has 124 valence electrons. The molecule has 0 atom stereocenters. The van der Waals surface area contributed by atoms with Crippen LogP contribution >= 0.6 is 0 Å². The lowest BCUT2D eigenvalue weighted by atomic mass is 9.96. The van der Waals surface area contributed by atoms with E-state index in [1.807, 2.05) is 13.0 Å². The molecular weight excluding hydrogens is 308 g/mol. The van der Waals surface area contributed by atoms with E-state index in [-0.39, 0.29) is 0 Å². The highest BCUT2D eigenvalue weighted by molar-refractivity contribution is 6.01. The van der Waals surface area contributed by atoms with Gasteiger partial charge in [-0.15, -0.1) is 0 Å². The van der Waals surface area contributed by atoms with Gasteiger partial charge < -0.3 is 9.47 Å². The molecule has 0 bridgehead atoms. The molecule has 0 aliphatic heterocycles. The fourth-order valence-electron chi connectivity index (χ4n) is 3.32. The first kappa shape index (κ1) is 15.5. The normalized spacial score (nSPS) is 11.0. The minimum Gasteiger partial charge on any atom is -0.497 e. The zero-order chi connectivity index (χ0) is 17.2. The molecule has 0 spiro atoms. The van der Waals surface area contributed by atoms with Crippen LogP contribution < -0.4 is 9.47 Å². The monoisotopic (exact) mass is 328 g/mol. The molecule has 0 radical (unpaired) electrons. The molecule has 4 aromatic rings. The molecule has 4 aromatic carbocycles. The minimum absolute atomic E-state index is 0.668. The Balaban J connectivity index is 1.89. The van der Waals surface area contributed by atoms with Gasteiger partial charge in [-0.05, 0) is 58.5 Å². The Morgan fingerprint density at radius 2 is 1.52 bits per heavy atom. The molecule has 2 heteroatoms. The van der Waals surface area contributed by atoms with E-state index in [4.69, 9.17) is 9.47 Å². The number of hydrogen-bond acceptors (Lipinski definition) is 2. The third-order valence-corrected chi connectivity index (χ3v) is 4.54. The standard InChI is InChI=1S/C23H20O2/c1-3-25-23-13-12-20(21-6-4-5-7-22(21)23)18-9-8-17-15-19(24-2)11-10-16(17)14-18/h4-15H,3H2,1-2H3. The van der Waals surface area contributed by atoms with Gasteiger partial charge in [0.25, 0.3) is 0 Å². The predicted octanol–water partition coefficient (Wildman–Crippen LogP) is 6.07. The maximum atomic E-state index is 5.79. The maximum absolute atomic E-state index is 5.79. The molecule has 0 heterocycles. The first-order valence-corrected chi connectivity index (χ1v) is 8.53. The second-order valence-corrected chi connectivity index (χ2v) is 6.02. The lowest BCUT2D eigenvalue weighted by Gasteiger charge is -2.12. The van der Waals surface area contributed by atoms with Crippen molar-refractivity contribution in [3.63, 3.8) is 0 Å². The number of ether oxygens (including phenoxy) is 2. The topological polar surface area (TPSA) is 18.5 Å². The molecule has 0 aliphatic carbocycles. The van der Waals surface area contributed by atoms with E-state index in [1.54, 1.807) is 7.11 Å². The van der Waals surface area contributed by atoms with Crippen LogP contribution in [-0.2, 0) is 0 Å². The summed E-state index contributed by atoms with van der Waals surface area (Å²) < 4.78 is 11.1. The summed E-state index contributed by atoms with van der Waals surface area (Å²) in [5.41, 5.74) is 2.42. The smallest absolute Gasteiger partial charge is 0.127 e. The number of benzene rings is 4. The summed E-state index contributed by atoms with van der Waals surface area (Å²) in [7, 11) is 1.70. The molecule has 25 heavy (non-hydrogen) atoms. The number of rotatable bonds is 4. The van der Waals surface area contributed by atoms with Crippen LogP contribution in [0.2, 0.25) is 0 Å². The number of hydrogen-bond donors (Lipinski definition) is 0. The third-order valence-electron chi connectivity index (χ3n) is 4.54. The Hall–Kier alpha value is -3.00.